The van der Waals surface area contributed by atoms with E-state index in [1.807, 2.05) is 26.8 Å². The molecule has 0 heterocycles. The second kappa shape index (κ2) is 8.98. The van der Waals surface area contributed by atoms with Gasteiger partial charge < -0.3 is 5.11 Å². The van der Waals surface area contributed by atoms with Crippen molar-refractivity contribution < 1.29 is 5.11 Å². The van der Waals surface area contributed by atoms with Gasteiger partial charge in [-0.05, 0) is 63.0 Å². The van der Waals surface area contributed by atoms with Gasteiger partial charge in [0.25, 0.3) is 0 Å². The highest BCUT2D eigenvalue weighted by Gasteiger charge is 2.16. The first-order valence-electron chi connectivity index (χ1n) is 7.56. The Hall–Kier alpha value is -1.02. The smallest absolute Gasteiger partial charge is 0.118 e. The molecule has 110 valence electrons. The number of hydrogen-bond acceptors (Lipinski definition) is 2. The molecule has 0 radical (unpaired) electrons. The molecule has 19 heavy (non-hydrogen) atoms. The van der Waals surface area contributed by atoms with E-state index in [0.29, 0.717) is 11.8 Å². The number of rotatable bonds is 5. The summed E-state index contributed by atoms with van der Waals surface area (Å²) in [7, 11) is 0. The third kappa shape index (κ3) is 4.54. The van der Waals surface area contributed by atoms with Crippen molar-refractivity contribution in [3.8, 4) is 5.75 Å². The summed E-state index contributed by atoms with van der Waals surface area (Å²) >= 11 is 0. The van der Waals surface area contributed by atoms with Gasteiger partial charge in [0.1, 0.15) is 5.75 Å². The lowest BCUT2D eigenvalue weighted by atomic mass is 9.96. The molecular weight excluding hydrogens is 234 g/mol. The average Bonchev–Trinajstić information content (AvgIpc) is 2.44. The third-order valence-corrected chi connectivity index (χ3v) is 3.72. The van der Waals surface area contributed by atoms with Crippen LogP contribution in [0.4, 0.5) is 0 Å². The largest absolute Gasteiger partial charge is 0.508 e. The molecule has 0 saturated heterocycles. The van der Waals surface area contributed by atoms with Crippen molar-refractivity contribution in [3.63, 3.8) is 0 Å². The fraction of sp³-hybridized carbons (Fsp3) is 0.647. The van der Waals surface area contributed by atoms with Gasteiger partial charge in [-0.2, -0.15) is 0 Å². The molecule has 2 heteroatoms. The van der Waals surface area contributed by atoms with Gasteiger partial charge in [0, 0.05) is 6.04 Å². The first kappa shape index (κ1) is 18.0. The van der Waals surface area contributed by atoms with E-state index in [9.17, 15) is 5.11 Å². The molecule has 0 fully saturated rings. The van der Waals surface area contributed by atoms with Crippen LogP contribution in [0.5, 0.6) is 5.75 Å². The Balaban J connectivity index is 0.00000154. The average molecular weight is 265 g/mol. The summed E-state index contributed by atoms with van der Waals surface area (Å²) < 4.78 is 0. The minimum absolute atomic E-state index is 0.400. The van der Waals surface area contributed by atoms with Crippen LogP contribution in [-0.4, -0.2) is 23.1 Å². The van der Waals surface area contributed by atoms with Gasteiger partial charge in [-0.15, -0.1) is 0 Å². The fourth-order valence-corrected chi connectivity index (χ4v) is 2.39. The van der Waals surface area contributed by atoms with Gasteiger partial charge in [0.2, 0.25) is 0 Å². The quantitative estimate of drug-likeness (QED) is 0.824. The molecule has 0 bridgehead atoms. The fourth-order valence-electron chi connectivity index (χ4n) is 2.39. The number of phenols is 1. The molecule has 0 spiro atoms. The van der Waals surface area contributed by atoms with Crippen LogP contribution < -0.4 is 0 Å². The molecule has 0 aromatic heterocycles. The van der Waals surface area contributed by atoms with E-state index >= 15 is 0 Å². The lowest BCUT2D eigenvalue weighted by molar-refractivity contribution is 0.221. The first-order chi connectivity index (χ1) is 9.02. The highest BCUT2D eigenvalue weighted by atomic mass is 16.3. The summed E-state index contributed by atoms with van der Waals surface area (Å²) in [6.45, 7) is 16.9. The van der Waals surface area contributed by atoms with Crippen LogP contribution in [0.25, 0.3) is 0 Å². The molecule has 0 aliphatic heterocycles. The molecule has 1 unspecified atom stereocenters. The van der Waals surface area contributed by atoms with E-state index in [2.05, 4.69) is 38.7 Å². The van der Waals surface area contributed by atoms with E-state index < -0.39 is 0 Å². The van der Waals surface area contributed by atoms with E-state index in [4.69, 9.17) is 0 Å². The monoisotopic (exact) mass is 265 g/mol. The molecule has 0 amide bonds. The van der Waals surface area contributed by atoms with E-state index in [-0.39, 0.29) is 0 Å². The summed E-state index contributed by atoms with van der Waals surface area (Å²) in [4.78, 5) is 2.47. The highest BCUT2D eigenvalue weighted by Crippen LogP contribution is 2.29. The Labute approximate surface area is 119 Å². The van der Waals surface area contributed by atoms with Crippen molar-refractivity contribution in [1.29, 1.82) is 0 Å². The molecule has 1 N–H and O–H groups in total. The van der Waals surface area contributed by atoms with Crippen LogP contribution in [0, 0.1) is 13.8 Å². The van der Waals surface area contributed by atoms with Crippen LogP contribution in [0.2, 0.25) is 0 Å². The molecule has 1 atom stereocenters. The molecule has 2 nitrogen and oxygen atoms in total. The van der Waals surface area contributed by atoms with Crippen LogP contribution >= 0.6 is 0 Å². The minimum atomic E-state index is 0.400. The Kier molecular flexibility index (Phi) is 8.49. The second-order valence-corrected chi connectivity index (χ2v) is 4.73. The van der Waals surface area contributed by atoms with Gasteiger partial charge >= 0.3 is 0 Å². The van der Waals surface area contributed by atoms with Crippen LogP contribution in [0.15, 0.2) is 12.1 Å². The summed E-state index contributed by atoms with van der Waals surface area (Å²) in [5.74, 6) is 0.400. The van der Waals surface area contributed by atoms with E-state index in [1.54, 1.807) is 0 Å². The molecular formula is C17H31NO. The van der Waals surface area contributed by atoms with Crippen molar-refractivity contribution in [1.82, 2.24) is 4.90 Å². The maximum absolute atomic E-state index is 9.69. The second-order valence-electron chi connectivity index (χ2n) is 4.73. The van der Waals surface area contributed by atoms with Crippen molar-refractivity contribution in [3.05, 3.63) is 28.8 Å². The summed E-state index contributed by atoms with van der Waals surface area (Å²) in [6, 6.07) is 4.29. The standard InChI is InChI=1S/C15H25NO.C2H6/c1-6-10-16(7-2)13(5)14-8-9-15(17)12(4)11(14)3;1-2/h8-9,13,17H,6-7,10H2,1-5H3;1-2H3. The summed E-state index contributed by atoms with van der Waals surface area (Å²) in [6.07, 6.45) is 1.17. The van der Waals surface area contributed by atoms with Gasteiger partial charge in [-0.1, -0.05) is 33.8 Å². The number of benzene rings is 1. The molecule has 0 aliphatic rings. The van der Waals surface area contributed by atoms with Crippen molar-refractivity contribution in [2.24, 2.45) is 0 Å². The molecule has 1 rings (SSSR count). The lowest BCUT2D eigenvalue weighted by Gasteiger charge is -2.29. The van der Waals surface area contributed by atoms with Crippen molar-refractivity contribution in [2.75, 3.05) is 13.1 Å². The first-order valence-corrected chi connectivity index (χ1v) is 7.56. The minimum Gasteiger partial charge on any atom is -0.508 e. The van der Waals surface area contributed by atoms with Gasteiger partial charge in [-0.25, -0.2) is 0 Å². The lowest BCUT2D eigenvalue weighted by Crippen LogP contribution is -2.28. The zero-order valence-electron chi connectivity index (χ0n) is 13.7. The molecule has 1 aromatic rings. The maximum Gasteiger partial charge on any atom is 0.118 e. The molecule has 0 saturated carbocycles. The normalized spacial score (nSPS) is 12.0. The molecule has 0 aliphatic carbocycles. The zero-order chi connectivity index (χ0) is 15.0. The Morgan fingerprint density at radius 1 is 1.11 bits per heavy atom. The van der Waals surface area contributed by atoms with Crippen molar-refractivity contribution >= 4 is 0 Å². The number of nitrogens with zero attached hydrogens (tertiary/aromatic N) is 1. The number of phenolic OH excluding ortho intramolecular Hbond substituents is 1. The van der Waals surface area contributed by atoms with E-state index in [0.717, 1.165) is 18.7 Å². The zero-order valence-corrected chi connectivity index (χ0v) is 13.7. The number of hydrogen-bond donors (Lipinski definition) is 1. The van der Waals surface area contributed by atoms with E-state index in [1.165, 1.54) is 17.5 Å². The van der Waals surface area contributed by atoms with Crippen LogP contribution in [0.1, 0.15) is 63.8 Å². The predicted molar refractivity (Wildman–Crippen MR) is 84.9 cm³/mol. The van der Waals surface area contributed by atoms with Crippen LogP contribution in [-0.2, 0) is 0 Å². The number of aromatic hydroxyl groups is 1. The summed E-state index contributed by atoms with van der Waals surface area (Å²) in [5.41, 5.74) is 3.55. The summed E-state index contributed by atoms with van der Waals surface area (Å²) in [5, 5.41) is 9.69. The SMILES string of the molecule is CC.CCCN(CC)C(C)c1ccc(O)c(C)c1C. The Morgan fingerprint density at radius 3 is 2.16 bits per heavy atom. The Morgan fingerprint density at radius 2 is 1.68 bits per heavy atom. The topological polar surface area (TPSA) is 23.5 Å². The van der Waals surface area contributed by atoms with Crippen molar-refractivity contribution in [2.45, 2.75) is 60.9 Å². The maximum atomic E-state index is 9.69. The predicted octanol–water partition coefficient (Wildman–Crippen LogP) is 4.83. The van der Waals surface area contributed by atoms with Gasteiger partial charge in [-0.3, -0.25) is 4.90 Å². The highest BCUT2D eigenvalue weighted by molar-refractivity contribution is 5.43. The van der Waals surface area contributed by atoms with Gasteiger partial charge in [0.05, 0.1) is 0 Å². The van der Waals surface area contributed by atoms with Crippen LogP contribution in [0.3, 0.4) is 0 Å². The van der Waals surface area contributed by atoms with Gasteiger partial charge in [0.15, 0.2) is 0 Å². The molecule has 1 aromatic carbocycles. The third-order valence-electron chi connectivity index (χ3n) is 3.72. The Bertz CT molecular complexity index is 374.